The van der Waals surface area contributed by atoms with Gasteiger partial charge in [-0.3, -0.25) is 4.79 Å². The number of benzene rings is 2. The number of aliphatic hydroxyl groups excluding tert-OH is 1. The summed E-state index contributed by atoms with van der Waals surface area (Å²) >= 11 is 0. The maximum Gasteiger partial charge on any atom is 0.277 e. The molecule has 0 saturated heterocycles. The van der Waals surface area contributed by atoms with Crippen LogP contribution in [0.15, 0.2) is 71.8 Å². The number of hydrogen-bond donors (Lipinski definition) is 1. The van der Waals surface area contributed by atoms with Gasteiger partial charge in [-0.2, -0.15) is 5.10 Å². The molecule has 2 aromatic carbocycles. The molecule has 0 fully saturated rings. The van der Waals surface area contributed by atoms with Crippen LogP contribution in [0.25, 0.3) is 16.8 Å². The van der Waals surface area contributed by atoms with Crippen LogP contribution in [0.5, 0.6) is 0 Å². The van der Waals surface area contributed by atoms with Crippen LogP contribution >= 0.6 is 0 Å². The first-order valence-corrected chi connectivity index (χ1v) is 8.19. The fourth-order valence-electron chi connectivity index (χ4n) is 3.04. The molecule has 6 heteroatoms. The van der Waals surface area contributed by atoms with E-state index in [1.165, 1.54) is 16.6 Å². The first kappa shape index (κ1) is 16.2. The Balaban J connectivity index is 1.86. The number of rotatable bonds is 4. The van der Waals surface area contributed by atoms with Crippen LogP contribution < -0.4 is 5.56 Å². The fourth-order valence-corrected chi connectivity index (χ4v) is 3.04. The second kappa shape index (κ2) is 6.57. The second-order valence-electron chi connectivity index (χ2n) is 6.00. The Kier molecular flexibility index (Phi) is 4.10. The average molecular weight is 349 g/mol. The topological polar surface area (TPSA) is 59.5 Å². The highest BCUT2D eigenvalue weighted by atomic mass is 19.1. The lowest BCUT2D eigenvalue weighted by Gasteiger charge is -2.06. The number of halogens is 1. The fraction of sp³-hybridized carbons (Fsp3) is 0.100. The third-order valence-corrected chi connectivity index (χ3v) is 4.33. The summed E-state index contributed by atoms with van der Waals surface area (Å²) in [6, 6.07) is 15.5. The molecule has 0 atom stereocenters. The van der Waals surface area contributed by atoms with Crippen LogP contribution in [0.4, 0.5) is 4.39 Å². The summed E-state index contributed by atoms with van der Waals surface area (Å²) in [4.78, 5) is 12.9. The predicted octanol–water partition coefficient (Wildman–Crippen LogP) is 2.84. The van der Waals surface area contributed by atoms with E-state index in [4.69, 9.17) is 0 Å². The lowest BCUT2D eigenvalue weighted by atomic mass is 10.1. The Morgan fingerprint density at radius 2 is 1.73 bits per heavy atom. The highest BCUT2D eigenvalue weighted by molar-refractivity contribution is 5.72. The van der Waals surface area contributed by atoms with E-state index in [0.29, 0.717) is 28.9 Å². The molecular weight excluding hydrogens is 333 g/mol. The number of fused-ring (bicyclic) bond motifs is 1. The van der Waals surface area contributed by atoms with Gasteiger partial charge in [0.1, 0.15) is 11.3 Å². The standard InChI is InChI=1S/C20H16FN3O2/c21-16-8-6-15(7-9-16)18-17(13-25)19-20(26)23(10-11-24(19)22-18)12-14-4-2-1-3-5-14/h1-11,25H,12-13H2. The minimum absolute atomic E-state index is 0.235. The monoisotopic (exact) mass is 349 g/mol. The predicted molar refractivity (Wildman–Crippen MR) is 96.3 cm³/mol. The van der Waals surface area contributed by atoms with E-state index < -0.39 is 0 Å². The number of hydrogen-bond acceptors (Lipinski definition) is 3. The lowest BCUT2D eigenvalue weighted by molar-refractivity contribution is 0.283. The highest BCUT2D eigenvalue weighted by Crippen LogP contribution is 2.25. The van der Waals surface area contributed by atoms with Crippen molar-refractivity contribution in [2.24, 2.45) is 0 Å². The molecule has 0 saturated carbocycles. The summed E-state index contributed by atoms with van der Waals surface area (Å²) < 4.78 is 16.2. The number of nitrogens with zero attached hydrogens (tertiary/aromatic N) is 3. The quantitative estimate of drug-likeness (QED) is 0.616. The van der Waals surface area contributed by atoms with Gasteiger partial charge < -0.3 is 9.67 Å². The zero-order chi connectivity index (χ0) is 18.1. The van der Waals surface area contributed by atoms with Gasteiger partial charge in [0.2, 0.25) is 0 Å². The van der Waals surface area contributed by atoms with E-state index >= 15 is 0 Å². The van der Waals surface area contributed by atoms with Gasteiger partial charge in [0.25, 0.3) is 5.56 Å². The summed E-state index contributed by atoms with van der Waals surface area (Å²) in [5, 5.41) is 14.3. The van der Waals surface area contributed by atoms with E-state index in [1.54, 1.807) is 29.1 Å². The van der Waals surface area contributed by atoms with E-state index in [0.717, 1.165) is 5.56 Å². The largest absolute Gasteiger partial charge is 0.392 e. The van der Waals surface area contributed by atoms with Crippen molar-refractivity contribution in [3.63, 3.8) is 0 Å². The molecule has 4 aromatic rings. The molecule has 0 unspecified atom stereocenters. The van der Waals surface area contributed by atoms with Crippen LogP contribution in [-0.2, 0) is 13.2 Å². The maximum atomic E-state index is 13.2. The molecule has 0 aliphatic rings. The molecular formula is C20H16FN3O2. The zero-order valence-corrected chi connectivity index (χ0v) is 13.8. The summed E-state index contributed by atoms with van der Waals surface area (Å²) in [7, 11) is 0. The van der Waals surface area contributed by atoms with Gasteiger partial charge in [-0.15, -0.1) is 0 Å². The van der Waals surface area contributed by atoms with Crippen LogP contribution in [-0.4, -0.2) is 19.3 Å². The highest BCUT2D eigenvalue weighted by Gasteiger charge is 2.17. The molecule has 1 N–H and O–H groups in total. The Morgan fingerprint density at radius 3 is 2.42 bits per heavy atom. The molecule has 0 spiro atoms. The van der Waals surface area contributed by atoms with Gasteiger partial charge in [-0.05, 0) is 29.8 Å². The first-order chi connectivity index (χ1) is 12.7. The molecule has 130 valence electrons. The molecule has 0 radical (unpaired) electrons. The van der Waals surface area contributed by atoms with E-state index in [1.807, 2.05) is 30.3 Å². The lowest BCUT2D eigenvalue weighted by Crippen LogP contribution is -2.22. The maximum absolute atomic E-state index is 13.2. The molecule has 0 aliphatic carbocycles. The van der Waals surface area contributed by atoms with E-state index in [-0.39, 0.29) is 18.0 Å². The SMILES string of the molecule is O=c1c2c(CO)c(-c3ccc(F)cc3)nn2ccn1Cc1ccccc1. The molecule has 4 rings (SSSR count). The van der Waals surface area contributed by atoms with Crippen molar-refractivity contribution < 1.29 is 9.50 Å². The zero-order valence-electron chi connectivity index (χ0n) is 13.8. The van der Waals surface area contributed by atoms with Crippen LogP contribution in [0.2, 0.25) is 0 Å². The Hall–Kier alpha value is -3.25. The first-order valence-electron chi connectivity index (χ1n) is 8.19. The molecule has 5 nitrogen and oxygen atoms in total. The van der Waals surface area contributed by atoms with Gasteiger partial charge in [-0.25, -0.2) is 8.91 Å². The van der Waals surface area contributed by atoms with Crippen molar-refractivity contribution in [2.45, 2.75) is 13.2 Å². The summed E-state index contributed by atoms with van der Waals surface area (Å²) in [5.41, 5.74) is 2.65. The summed E-state index contributed by atoms with van der Waals surface area (Å²) in [6.45, 7) is 0.0961. The van der Waals surface area contributed by atoms with Gasteiger partial charge in [0.15, 0.2) is 0 Å². The third kappa shape index (κ3) is 2.80. The molecule has 0 amide bonds. The normalized spacial score (nSPS) is 11.2. The van der Waals surface area contributed by atoms with Crippen molar-refractivity contribution >= 4 is 5.52 Å². The minimum Gasteiger partial charge on any atom is -0.392 e. The smallest absolute Gasteiger partial charge is 0.277 e. The number of aromatic nitrogens is 3. The average Bonchev–Trinajstić information content (AvgIpc) is 3.05. The molecule has 0 aliphatic heterocycles. The molecule has 2 heterocycles. The third-order valence-electron chi connectivity index (χ3n) is 4.33. The Bertz CT molecular complexity index is 1120. The summed E-state index contributed by atoms with van der Waals surface area (Å²) in [5.74, 6) is -0.353. The van der Waals surface area contributed by atoms with Crippen molar-refractivity contribution in [1.82, 2.24) is 14.2 Å². The Labute approximate surface area is 148 Å². The van der Waals surface area contributed by atoms with Crippen molar-refractivity contribution in [3.05, 3.63) is 94.3 Å². The van der Waals surface area contributed by atoms with Crippen molar-refractivity contribution in [1.29, 1.82) is 0 Å². The minimum atomic E-state index is -0.353. The second-order valence-corrected chi connectivity index (χ2v) is 6.00. The van der Waals surface area contributed by atoms with Gasteiger partial charge in [-0.1, -0.05) is 30.3 Å². The van der Waals surface area contributed by atoms with Crippen molar-refractivity contribution in [2.75, 3.05) is 0 Å². The molecule has 0 bridgehead atoms. The van der Waals surface area contributed by atoms with Crippen molar-refractivity contribution in [3.8, 4) is 11.3 Å². The molecule has 2 aromatic heterocycles. The van der Waals surface area contributed by atoms with E-state index in [9.17, 15) is 14.3 Å². The van der Waals surface area contributed by atoms with Gasteiger partial charge in [0, 0.05) is 23.5 Å². The Morgan fingerprint density at radius 1 is 1.00 bits per heavy atom. The van der Waals surface area contributed by atoms with E-state index in [2.05, 4.69) is 5.10 Å². The van der Waals surface area contributed by atoms with Crippen LogP contribution in [0.3, 0.4) is 0 Å². The summed E-state index contributed by atoms with van der Waals surface area (Å²) in [6.07, 6.45) is 3.36. The van der Waals surface area contributed by atoms with Gasteiger partial charge >= 0.3 is 0 Å². The number of aliphatic hydroxyl groups is 1. The van der Waals surface area contributed by atoms with Crippen LogP contribution in [0.1, 0.15) is 11.1 Å². The molecule has 26 heavy (non-hydrogen) atoms. The van der Waals surface area contributed by atoms with Crippen LogP contribution in [0, 0.1) is 5.82 Å². The van der Waals surface area contributed by atoms with Gasteiger partial charge in [0.05, 0.1) is 18.8 Å².